The first-order valence-corrected chi connectivity index (χ1v) is 8.33. The van der Waals surface area contributed by atoms with Crippen molar-refractivity contribution in [2.75, 3.05) is 17.2 Å². The van der Waals surface area contributed by atoms with Crippen LogP contribution in [0.25, 0.3) is 10.2 Å². The fourth-order valence-electron chi connectivity index (χ4n) is 2.02. The Kier molecular flexibility index (Phi) is 3.84. The van der Waals surface area contributed by atoms with Gasteiger partial charge in [0, 0.05) is 11.4 Å². The molecule has 3 aromatic heterocycles. The summed E-state index contributed by atoms with van der Waals surface area (Å²) in [4.78, 5) is 11.4. The number of thiophene rings is 2. The lowest BCUT2D eigenvalue weighted by atomic mass is 10.2. The molecule has 0 aromatic carbocycles. The molecule has 1 unspecified atom stereocenters. The topological polar surface area (TPSA) is 49.8 Å². The van der Waals surface area contributed by atoms with Crippen LogP contribution in [0.4, 0.5) is 11.8 Å². The van der Waals surface area contributed by atoms with Crippen molar-refractivity contribution in [2.24, 2.45) is 0 Å². The lowest BCUT2D eigenvalue weighted by molar-refractivity contribution is 0.897. The highest BCUT2D eigenvalue weighted by Gasteiger charge is 2.12. The van der Waals surface area contributed by atoms with E-state index in [-0.39, 0.29) is 6.04 Å². The van der Waals surface area contributed by atoms with Crippen LogP contribution in [0.15, 0.2) is 29.0 Å². The largest absolute Gasteiger partial charge is 0.362 e. The number of hydrogen-bond acceptors (Lipinski definition) is 6. The van der Waals surface area contributed by atoms with Crippen molar-refractivity contribution in [3.63, 3.8) is 0 Å². The standard InChI is InChI=1S/C14H16N4S2/c1-3-15-14-17-12(10-6-8-20-13(10)18-14)16-9(2)11-5-4-7-19-11/h4-9H,3H2,1-2H3,(H2,15,16,17,18). The summed E-state index contributed by atoms with van der Waals surface area (Å²) in [5.41, 5.74) is 0. The third kappa shape index (κ3) is 2.62. The molecule has 3 heterocycles. The van der Waals surface area contributed by atoms with E-state index < -0.39 is 0 Å². The third-order valence-corrected chi connectivity index (χ3v) is 4.84. The van der Waals surface area contributed by atoms with Gasteiger partial charge in [-0.2, -0.15) is 4.98 Å². The van der Waals surface area contributed by atoms with Crippen LogP contribution in [0, 0.1) is 0 Å². The van der Waals surface area contributed by atoms with Crippen LogP contribution in [0.2, 0.25) is 0 Å². The van der Waals surface area contributed by atoms with Crippen molar-refractivity contribution in [3.8, 4) is 0 Å². The Balaban J connectivity index is 1.94. The molecule has 0 amide bonds. The quantitative estimate of drug-likeness (QED) is 0.735. The second kappa shape index (κ2) is 5.76. The predicted molar refractivity (Wildman–Crippen MR) is 87.9 cm³/mol. The molecule has 0 aliphatic rings. The molecule has 0 bridgehead atoms. The van der Waals surface area contributed by atoms with E-state index in [0.717, 1.165) is 22.6 Å². The normalized spacial score (nSPS) is 12.5. The smallest absolute Gasteiger partial charge is 0.226 e. The summed E-state index contributed by atoms with van der Waals surface area (Å²) in [5.74, 6) is 1.58. The molecule has 1 atom stereocenters. The molecule has 0 saturated carbocycles. The summed E-state index contributed by atoms with van der Waals surface area (Å²) < 4.78 is 0. The minimum Gasteiger partial charge on any atom is -0.362 e. The lowest BCUT2D eigenvalue weighted by Crippen LogP contribution is -2.09. The van der Waals surface area contributed by atoms with Crippen LogP contribution >= 0.6 is 22.7 Å². The van der Waals surface area contributed by atoms with Crippen molar-refractivity contribution in [1.29, 1.82) is 0 Å². The Morgan fingerprint density at radius 3 is 2.85 bits per heavy atom. The molecule has 2 N–H and O–H groups in total. The molecule has 0 aliphatic heterocycles. The van der Waals surface area contributed by atoms with E-state index in [9.17, 15) is 0 Å². The van der Waals surface area contributed by atoms with Gasteiger partial charge in [0.2, 0.25) is 5.95 Å². The monoisotopic (exact) mass is 304 g/mol. The molecule has 0 radical (unpaired) electrons. The van der Waals surface area contributed by atoms with Crippen molar-refractivity contribution in [2.45, 2.75) is 19.9 Å². The number of aromatic nitrogens is 2. The van der Waals surface area contributed by atoms with Gasteiger partial charge in [0.1, 0.15) is 10.6 Å². The maximum absolute atomic E-state index is 4.59. The number of hydrogen-bond donors (Lipinski definition) is 2. The van der Waals surface area contributed by atoms with Crippen molar-refractivity contribution >= 4 is 44.7 Å². The predicted octanol–water partition coefficient (Wildman–Crippen LogP) is 4.36. The number of nitrogens with zero attached hydrogens (tertiary/aromatic N) is 2. The van der Waals surface area contributed by atoms with Crippen molar-refractivity contribution < 1.29 is 0 Å². The summed E-state index contributed by atoms with van der Waals surface area (Å²) in [6.45, 7) is 5.01. The van der Waals surface area contributed by atoms with Gasteiger partial charge in [-0.15, -0.1) is 22.7 Å². The highest BCUT2D eigenvalue weighted by atomic mass is 32.1. The molecule has 0 spiro atoms. The van der Waals surface area contributed by atoms with Crippen molar-refractivity contribution in [3.05, 3.63) is 33.8 Å². The average Bonchev–Trinajstić information content (AvgIpc) is 3.10. The Labute approximate surface area is 125 Å². The summed E-state index contributed by atoms with van der Waals surface area (Å²) in [7, 11) is 0. The fraction of sp³-hybridized carbons (Fsp3) is 0.286. The van der Waals surface area contributed by atoms with Gasteiger partial charge in [-0.3, -0.25) is 0 Å². The SMILES string of the molecule is CCNc1nc(NC(C)c2cccs2)c2ccsc2n1. The van der Waals surface area contributed by atoms with Crippen LogP contribution in [0.5, 0.6) is 0 Å². The van der Waals surface area contributed by atoms with Gasteiger partial charge in [0.15, 0.2) is 0 Å². The van der Waals surface area contributed by atoms with Crippen LogP contribution in [-0.4, -0.2) is 16.5 Å². The summed E-state index contributed by atoms with van der Waals surface area (Å²) in [6.07, 6.45) is 0. The zero-order valence-corrected chi connectivity index (χ0v) is 13.0. The fourth-order valence-corrected chi connectivity index (χ4v) is 3.51. The van der Waals surface area contributed by atoms with Crippen LogP contribution in [0.3, 0.4) is 0 Å². The molecule has 4 nitrogen and oxygen atoms in total. The molecule has 20 heavy (non-hydrogen) atoms. The second-order valence-electron chi connectivity index (χ2n) is 4.45. The minimum atomic E-state index is 0.238. The van der Waals surface area contributed by atoms with E-state index in [2.05, 4.69) is 56.5 Å². The molecule has 3 aromatic rings. The maximum atomic E-state index is 4.59. The van der Waals surface area contributed by atoms with E-state index in [1.165, 1.54) is 4.88 Å². The van der Waals surface area contributed by atoms with E-state index in [1.807, 2.05) is 6.92 Å². The van der Waals surface area contributed by atoms with Gasteiger partial charge in [-0.05, 0) is 36.7 Å². The molecule has 0 fully saturated rings. The Hall–Kier alpha value is -1.66. The Morgan fingerprint density at radius 1 is 1.20 bits per heavy atom. The minimum absolute atomic E-state index is 0.238. The van der Waals surface area contributed by atoms with Crippen LogP contribution in [-0.2, 0) is 0 Å². The Morgan fingerprint density at radius 2 is 2.10 bits per heavy atom. The van der Waals surface area contributed by atoms with Gasteiger partial charge in [-0.25, -0.2) is 4.98 Å². The van der Waals surface area contributed by atoms with Gasteiger partial charge >= 0.3 is 0 Å². The lowest BCUT2D eigenvalue weighted by Gasteiger charge is -2.14. The second-order valence-corrected chi connectivity index (χ2v) is 6.32. The highest BCUT2D eigenvalue weighted by molar-refractivity contribution is 7.16. The van der Waals surface area contributed by atoms with Gasteiger partial charge in [0.25, 0.3) is 0 Å². The molecule has 104 valence electrons. The molecule has 0 saturated heterocycles. The maximum Gasteiger partial charge on any atom is 0.226 e. The first kappa shape index (κ1) is 13.3. The van der Waals surface area contributed by atoms with Crippen LogP contribution in [0.1, 0.15) is 24.8 Å². The zero-order chi connectivity index (χ0) is 13.9. The summed E-state index contributed by atoms with van der Waals surface area (Å²) in [6, 6.07) is 6.52. The highest BCUT2D eigenvalue weighted by Crippen LogP contribution is 2.30. The first-order valence-electron chi connectivity index (χ1n) is 6.57. The molecular weight excluding hydrogens is 288 g/mol. The van der Waals surface area contributed by atoms with E-state index in [0.29, 0.717) is 5.95 Å². The molecular formula is C14H16N4S2. The summed E-state index contributed by atoms with van der Waals surface area (Å²) in [5, 5.41) is 11.9. The number of anilines is 2. The Bertz CT molecular complexity index is 690. The van der Waals surface area contributed by atoms with E-state index in [1.54, 1.807) is 22.7 Å². The third-order valence-electron chi connectivity index (χ3n) is 2.98. The van der Waals surface area contributed by atoms with Gasteiger partial charge < -0.3 is 10.6 Å². The van der Waals surface area contributed by atoms with Crippen LogP contribution < -0.4 is 10.6 Å². The number of fused-ring (bicyclic) bond motifs is 1. The molecule has 3 rings (SSSR count). The molecule has 6 heteroatoms. The van der Waals surface area contributed by atoms with E-state index in [4.69, 9.17) is 0 Å². The summed E-state index contributed by atoms with van der Waals surface area (Å²) >= 11 is 3.39. The van der Waals surface area contributed by atoms with Gasteiger partial charge in [0.05, 0.1) is 11.4 Å². The average molecular weight is 304 g/mol. The van der Waals surface area contributed by atoms with Gasteiger partial charge in [-0.1, -0.05) is 6.07 Å². The first-order chi connectivity index (χ1) is 9.78. The van der Waals surface area contributed by atoms with E-state index >= 15 is 0 Å². The zero-order valence-electron chi connectivity index (χ0n) is 11.4. The van der Waals surface area contributed by atoms with Crippen molar-refractivity contribution in [1.82, 2.24) is 9.97 Å². The molecule has 0 aliphatic carbocycles. The number of nitrogens with one attached hydrogen (secondary N) is 2. The number of rotatable bonds is 5.